The Bertz CT molecular complexity index is 237. The number of hydrogen-bond acceptors (Lipinski definition) is 3. The number of aryl methyl sites for hydroxylation is 1. The predicted molar refractivity (Wildman–Crippen MR) is 46.8 cm³/mol. The van der Waals surface area contributed by atoms with E-state index in [1.807, 2.05) is 25.1 Å². The van der Waals surface area contributed by atoms with Gasteiger partial charge in [0.1, 0.15) is 6.29 Å². The molecule has 1 radical (unpaired) electrons. The largest absolute Gasteiger partial charge is 0.482 e. The molecule has 2 N–H and O–H groups in total. The number of carbonyl (C=O) groups is 1. The number of rotatable bonds is 1. The first-order chi connectivity index (χ1) is 5.74. The van der Waals surface area contributed by atoms with Crippen LogP contribution in [0.4, 0.5) is 0 Å². The van der Waals surface area contributed by atoms with Gasteiger partial charge < -0.3 is 10.0 Å². The quantitative estimate of drug-likeness (QED) is 0.465. The summed E-state index contributed by atoms with van der Waals surface area (Å²) in [5.74, 6) is 0. The standard InChI is InChI=1S/C8H8O.BH2O2/c1-7-3-2-4-8(5-7)6-9;2-1-3/h2-6H,1H3;2-3H. The Morgan fingerprint density at radius 1 is 1.42 bits per heavy atom. The van der Waals surface area contributed by atoms with E-state index >= 15 is 0 Å². The molecule has 63 valence electrons. The van der Waals surface area contributed by atoms with Crippen molar-refractivity contribution in [1.82, 2.24) is 0 Å². The van der Waals surface area contributed by atoms with Crippen LogP contribution in [0.2, 0.25) is 0 Å². The first kappa shape index (κ1) is 10.9. The third-order valence-corrected chi connectivity index (χ3v) is 1.18. The summed E-state index contributed by atoms with van der Waals surface area (Å²) >= 11 is 0. The zero-order chi connectivity index (χ0) is 9.40. The molecule has 0 fully saturated rings. The second kappa shape index (κ2) is 6.58. The molecule has 0 aliphatic carbocycles. The fraction of sp³-hybridized carbons (Fsp3) is 0.125. The molecule has 0 saturated heterocycles. The van der Waals surface area contributed by atoms with E-state index in [0.29, 0.717) is 0 Å². The van der Waals surface area contributed by atoms with Gasteiger partial charge in [0.15, 0.2) is 0 Å². The first-order valence-electron chi connectivity index (χ1n) is 3.36. The lowest BCUT2D eigenvalue weighted by atomic mass is 10.2. The molecule has 0 unspecified atom stereocenters. The summed E-state index contributed by atoms with van der Waals surface area (Å²) in [5, 5.41) is 14.0. The molecule has 4 heteroatoms. The second-order valence-corrected chi connectivity index (χ2v) is 2.15. The van der Waals surface area contributed by atoms with Gasteiger partial charge in [-0.1, -0.05) is 23.8 Å². The molecular formula is C8H10BO3. The van der Waals surface area contributed by atoms with Crippen LogP contribution in [-0.2, 0) is 0 Å². The Hall–Kier alpha value is -1.13. The van der Waals surface area contributed by atoms with Crippen molar-refractivity contribution in [3.8, 4) is 0 Å². The van der Waals surface area contributed by atoms with E-state index in [1.54, 1.807) is 6.07 Å². The van der Waals surface area contributed by atoms with Gasteiger partial charge in [0.05, 0.1) is 0 Å². The fourth-order valence-electron chi connectivity index (χ4n) is 0.743. The molecule has 0 bridgehead atoms. The Morgan fingerprint density at radius 3 is 2.33 bits per heavy atom. The minimum Gasteiger partial charge on any atom is -0.429 e. The highest BCUT2D eigenvalue weighted by molar-refractivity contribution is 6.13. The van der Waals surface area contributed by atoms with E-state index in [4.69, 9.17) is 10.0 Å². The molecule has 12 heavy (non-hydrogen) atoms. The minimum atomic E-state index is 0. The van der Waals surface area contributed by atoms with Crippen LogP contribution in [0.1, 0.15) is 15.9 Å². The molecule has 0 heterocycles. The smallest absolute Gasteiger partial charge is 0.429 e. The number of benzene rings is 1. The highest BCUT2D eigenvalue weighted by Crippen LogP contribution is 1.99. The minimum absolute atomic E-state index is 0. The van der Waals surface area contributed by atoms with Gasteiger partial charge in [0, 0.05) is 5.56 Å². The van der Waals surface area contributed by atoms with E-state index < -0.39 is 0 Å². The number of hydrogen-bond donors (Lipinski definition) is 2. The van der Waals surface area contributed by atoms with E-state index in [9.17, 15) is 4.79 Å². The Kier molecular flexibility index (Phi) is 5.96. The summed E-state index contributed by atoms with van der Waals surface area (Å²) in [4.78, 5) is 10.2. The van der Waals surface area contributed by atoms with Crippen LogP contribution in [0.3, 0.4) is 0 Å². The summed E-state index contributed by atoms with van der Waals surface area (Å²) < 4.78 is 0. The van der Waals surface area contributed by atoms with Crippen LogP contribution in [0.15, 0.2) is 24.3 Å². The van der Waals surface area contributed by atoms with Crippen LogP contribution in [0, 0.1) is 6.92 Å². The highest BCUT2D eigenvalue weighted by Gasteiger charge is 1.86. The van der Waals surface area contributed by atoms with Crippen molar-refractivity contribution in [3.05, 3.63) is 35.4 Å². The molecule has 0 aliphatic rings. The molecule has 3 nitrogen and oxygen atoms in total. The summed E-state index contributed by atoms with van der Waals surface area (Å²) in [6.45, 7) is 1.97. The third-order valence-electron chi connectivity index (χ3n) is 1.18. The maximum atomic E-state index is 10.2. The molecule has 1 aromatic rings. The van der Waals surface area contributed by atoms with Crippen LogP contribution in [0.5, 0.6) is 0 Å². The lowest BCUT2D eigenvalue weighted by Gasteiger charge is -1.89. The maximum Gasteiger partial charge on any atom is 0.482 e. The van der Waals surface area contributed by atoms with E-state index in [2.05, 4.69) is 0 Å². The zero-order valence-corrected chi connectivity index (χ0v) is 6.77. The van der Waals surface area contributed by atoms with Gasteiger partial charge in [-0.15, -0.1) is 0 Å². The topological polar surface area (TPSA) is 57.5 Å². The van der Waals surface area contributed by atoms with Crippen molar-refractivity contribution < 1.29 is 14.8 Å². The molecule has 1 rings (SSSR count). The first-order valence-corrected chi connectivity index (χ1v) is 3.36. The monoisotopic (exact) mass is 165 g/mol. The van der Waals surface area contributed by atoms with E-state index in [0.717, 1.165) is 17.4 Å². The van der Waals surface area contributed by atoms with Crippen LogP contribution in [-0.4, -0.2) is 24.0 Å². The van der Waals surface area contributed by atoms with Gasteiger partial charge >= 0.3 is 7.69 Å². The van der Waals surface area contributed by atoms with Gasteiger partial charge in [-0.3, -0.25) is 4.79 Å². The van der Waals surface area contributed by atoms with Crippen LogP contribution in [0.25, 0.3) is 0 Å². The Balaban J connectivity index is 0.000000354. The molecule has 0 aromatic heterocycles. The predicted octanol–water partition coefficient (Wildman–Crippen LogP) is 0.313. The molecule has 1 aromatic carbocycles. The fourth-order valence-corrected chi connectivity index (χ4v) is 0.743. The number of aldehydes is 1. The normalized spacial score (nSPS) is 7.92. The van der Waals surface area contributed by atoms with Crippen molar-refractivity contribution in [1.29, 1.82) is 0 Å². The maximum absolute atomic E-state index is 10.2. The lowest BCUT2D eigenvalue weighted by Crippen LogP contribution is -1.78. The van der Waals surface area contributed by atoms with Crippen molar-refractivity contribution in [2.24, 2.45) is 0 Å². The molecule has 0 spiro atoms. The molecule has 0 atom stereocenters. The molecule has 0 aliphatic heterocycles. The van der Waals surface area contributed by atoms with E-state index in [1.165, 1.54) is 0 Å². The summed E-state index contributed by atoms with van der Waals surface area (Å²) in [6, 6.07) is 7.49. The molecular weight excluding hydrogens is 155 g/mol. The van der Waals surface area contributed by atoms with Crippen molar-refractivity contribution in [2.45, 2.75) is 6.92 Å². The summed E-state index contributed by atoms with van der Waals surface area (Å²) in [5.41, 5.74) is 1.87. The van der Waals surface area contributed by atoms with Gasteiger partial charge in [-0.2, -0.15) is 0 Å². The third kappa shape index (κ3) is 4.65. The molecule has 0 saturated carbocycles. The average molecular weight is 165 g/mol. The number of carbonyl (C=O) groups excluding carboxylic acids is 1. The Labute approximate surface area is 72.0 Å². The SMILES string of the molecule is Cc1cccc(C=O)c1.O[B]O. The highest BCUT2D eigenvalue weighted by atomic mass is 16.4. The zero-order valence-electron chi connectivity index (χ0n) is 6.77. The van der Waals surface area contributed by atoms with Crippen molar-refractivity contribution in [3.63, 3.8) is 0 Å². The van der Waals surface area contributed by atoms with Gasteiger partial charge in [0.2, 0.25) is 0 Å². The van der Waals surface area contributed by atoms with Crippen LogP contribution < -0.4 is 0 Å². The summed E-state index contributed by atoms with van der Waals surface area (Å²) in [6.07, 6.45) is 0.854. The van der Waals surface area contributed by atoms with Crippen LogP contribution >= 0.6 is 0 Å². The molecule has 0 amide bonds. The van der Waals surface area contributed by atoms with E-state index in [-0.39, 0.29) is 7.69 Å². The van der Waals surface area contributed by atoms with Crippen molar-refractivity contribution >= 4 is 14.0 Å². The Morgan fingerprint density at radius 2 is 2.00 bits per heavy atom. The summed E-state index contributed by atoms with van der Waals surface area (Å²) in [7, 11) is 0. The van der Waals surface area contributed by atoms with Gasteiger partial charge in [0.25, 0.3) is 0 Å². The van der Waals surface area contributed by atoms with Gasteiger partial charge in [-0.25, -0.2) is 0 Å². The van der Waals surface area contributed by atoms with Gasteiger partial charge in [-0.05, 0) is 13.0 Å². The van der Waals surface area contributed by atoms with Crippen molar-refractivity contribution in [2.75, 3.05) is 0 Å². The second-order valence-electron chi connectivity index (χ2n) is 2.15. The lowest BCUT2D eigenvalue weighted by molar-refractivity contribution is 0.112. The average Bonchev–Trinajstić information content (AvgIpc) is 2.06.